The Labute approximate surface area is 90.8 Å². The van der Waals surface area contributed by atoms with Crippen LogP contribution >= 0.6 is 0 Å². The minimum Gasteiger partial charge on any atom is -0.483 e. The number of methoxy groups -OCH3 is 1. The smallest absolute Gasteiger partial charge is 0.280 e. The first-order chi connectivity index (χ1) is 7.63. The van der Waals surface area contributed by atoms with Crippen molar-refractivity contribution in [3.8, 4) is 0 Å². The van der Waals surface area contributed by atoms with Gasteiger partial charge in [0.25, 0.3) is 5.56 Å². The Balaban J connectivity index is 2.56. The first-order valence-corrected chi connectivity index (χ1v) is 4.61. The zero-order valence-electron chi connectivity index (χ0n) is 8.97. The first kappa shape index (κ1) is 10.3. The molecule has 0 aliphatic carbocycles. The Hall–Kier alpha value is -2.18. The minimum absolute atomic E-state index is 0.00502. The molecule has 2 heterocycles. The van der Waals surface area contributed by atoms with Gasteiger partial charge in [0.1, 0.15) is 12.9 Å². The summed E-state index contributed by atoms with van der Waals surface area (Å²) in [6, 6.07) is 0. The SMILES string of the molecule is COC(=N)Cn1cnc2ncn(C)c2c1=O. The molecule has 2 aromatic heterocycles. The molecule has 0 aliphatic heterocycles. The molecule has 2 aromatic rings. The lowest BCUT2D eigenvalue weighted by atomic mass is 10.5. The van der Waals surface area contributed by atoms with Crippen molar-refractivity contribution in [1.82, 2.24) is 19.1 Å². The zero-order valence-corrected chi connectivity index (χ0v) is 8.97. The van der Waals surface area contributed by atoms with Crippen LogP contribution in [0.3, 0.4) is 0 Å². The van der Waals surface area contributed by atoms with Crippen molar-refractivity contribution in [2.45, 2.75) is 6.54 Å². The van der Waals surface area contributed by atoms with Crippen molar-refractivity contribution in [2.24, 2.45) is 7.05 Å². The largest absolute Gasteiger partial charge is 0.483 e. The number of ether oxygens (including phenoxy) is 1. The lowest BCUT2D eigenvalue weighted by molar-refractivity contribution is 0.379. The molecule has 1 N–H and O–H groups in total. The van der Waals surface area contributed by atoms with E-state index in [4.69, 9.17) is 10.1 Å². The van der Waals surface area contributed by atoms with Gasteiger partial charge in [0, 0.05) is 7.05 Å². The van der Waals surface area contributed by atoms with Gasteiger partial charge in [-0.2, -0.15) is 0 Å². The van der Waals surface area contributed by atoms with Crippen LogP contribution in [0.4, 0.5) is 0 Å². The molecular formula is C9H11N5O2. The van der Waals surface area contributed by atoms with Crippen LogP contribution in [-0.2, 0) is 18.3 Å². The first-order valence-electron chi connectivity index (χ1n) is 4.61. The number of hydrogen-bond acceptors (Lipinski definition) is 5. The third kappa shape index (κ3) is 1.56. The van der Waals surface area contributed by atoms with Gasteiger partial charge in [0.05, 0.1) is 13.4 Å². The van der Waals surface area contributed by atoms with Gasteiger partial charge < -0.3 is 9.30 Å². The second-order valence-corrected chi connectivity index (χ2v) is 3.33. The van der Waals surface area contributed by atoms with Gasteiger partial charge in [0.2, 0.25) is 5.90 Å². The summed E-state index contributed by atoms with van der Waals surface area (Å²) in [6.07, 6.45) is 2.90. The lowest BCUT2D eigenvalue weighted by Gasteiger charge is -2.05. The summed E-state index contributed by atoms with van der Waals surface area (Å²) in [6.45, 7) is 0.0729. The number of rotatable bonds is 2. The molecule has 0 saturated carbocycles. The number of imidazole rings is 1. The topological polar surface area (TPSA) is 85.8 Å². The highest BCUT2D eigenvalue weighted by Gasteiger charge is 2.09. The van der Waals surface area contributed by atoms with Gasteiger partial charge in [0.15, 0.2) is 11.2 Å². The molecule has 7 nitrogen and oxygen atoms in total. The minimum atomic E-state index is -0.230. The van der Waals surface area contributed by atoms with E-state index < -0.39 is 0 Å². The van der Waals surface area contributed by atoms with E-state index in [1.54, 1.807) is 11.6 Å². The maximum Gasteiger partial charge on any atom is 0.280 e. The summed E-state index contributed by atoms with van der Waals surface area (Å²) in [7, 11) is 3.12. The average Bonchev–Trinajstić information content (AvgIpc) is 2.65. The molecule has 0 fully saturated rings. The van der Waals surface area contributed by atoms with Gasteiger partial charge in [-0.15, -0.1) is 0 Å². The summed E-state index contributed by atoms with van der Waals surface area (Å²) in [5, 5.41) is 7.36. The predicted molar refractivity (Wildman–Crippen MR) is 57.5 cm³/mol. The van der Waals surface area contributed by atoms with Crippen molar-refractivity contribution in [2.75, 3.05) is 7.11 Å². The molecule has 0 radical (unpaired) electrons. The molecule has 0 saturated heterocycles. The van der Waals surface area contributed by atoms with Gasteiger partial charge in [-0.3, -0.25) is 14.8 Å². The number of hydrogen-bond donors (Lipinski definition) is 1. The molecule has 0 atom stereocenters. The van der Waals surface area contributed by atoms with Crippen LogP contribution in [0.25, 0.3) is 11.2 Å². The predicted octanol–water partition coefficient (Wildman–Crippen LogP) is -0.246. The molecule has 0 spiro atoms. The van der Waals surface area contributed by atoms with Crippen molar-refractivity contribution in [3.05, 3.63) is 23.0 Å². The second-order valence-electron chi connectivity index (χ2n) is 3.33. The molecule has 16 heavy (non-hydrogen) atoms. The van der Waals surface area contributed by atoms with E-state index in [1.807, 2.05) is 0 Å². The van der Waals surface area contributed by atoms with Crippen LogP contribution in [0.15, 0.2) is 17.4 Å². The Morgan fingerprint density at radius 2 is 2.19 bits per heavy atom. The van der Waals surface area contributed by atoms with Crippen LogP contribution in [0.5, 0.6) is 0 Å². The van der Waals surface area contributed by atoms with Crippen LogP contribution in [0, 0.1) is 5.41 Å². The van der Waals surface area contributed by atoms with Gasteiger partial charge in [-0.05, 0) is 0 Å². The molecule has 0 amide bonds. The third-order valence-corrected chi connectivity index (χ3v) is 2.26. The summed E-state index contributed by atoms with van der Waals surface area (Å²) >= 11 is 0. The quantitative estimate of drug-likeness (QED) is 0.560. The molecule has 0 bridgehead atoms. The fourth-order valence-corrected chi connectivity index (χ4v) is 1.40. The van der Waals surface area contributed by atoms with Crippen molar-refractivity contribution < 1.29 is 4.74 Å². The second kappa shape index (κ2) is 3.76. The standard InChI is InChI=1S/C9H11N5O2/c1-13-4-11-8-7(13)9(15)14(5-12-8)3-6(10)16-2/h4-5,10H,3H2,1-2H3. The highest BCUT2D eigenvalue weighted by atomic mass is 16.5. The van der Waals surface area contributed by atoms with Crippen LogP contribution in [-0.4, -0.2) is 32.1 Å². The van der Waals surface area contributed by atoms with Gasteiger partial charge in [-0.1, -0.05) is 0 Å². The molecular weight excluding hydrogens is 210 g/mol. The molecule has 2 rings (SSSR count). The van der Waals surface area contributed by atoms with E-state index in [9.17, 15) is 4.79 Å². The Bertz CT molecular complexity index is 597. The maximum atomic E-state index is 12.0. The molecule has 0 aromatic carbocycles. The van der Waals surface area contributed by atoms with E-state index in [1.165, 1.54) is 24.3 Å². The molecule has 7 heteroatoms. The van der Waals surface area contributed by atoms with Crippen molar-refractivity contribution in [3.63, 3.8) is 0 Å². The van der Waals surface area contributed by atoms with Crippen LogP contribution in [0.1, 0.15) is 0 Å². The van der Waals surface area contributed by atoms with Crippen LogP contribution in [0.2, 0.25) is 0 Å². The normalized spacial score (nSPS) is 10.6. The molecule has 0 unspecified atom stereocenters. The van der Waals surface area contributed by atoms with Gasteiger partial charge in [-0.25, -0.2) is 9.97 Å². The molecule has 0 aliphatic rings. The Kier molecular flexibility index (Phi) is 2.43. The van der Waals surface area contributed by atoms with Crippen LogP contribution < -0.4 is 5.56 Å². The number of nitrogens with one attached hydrogen (secondary N) is 1. The summed E-state index contributed by atoms with van der Waals surface area (Å²) < 4.78 is 7.63. The van der Waals surface area contributed by atoms with Gasteiger partial charge >= 0.3 is 0 Å². The monoisotopic (exact) mass is 221 g/mol. The summed E-state index contributed by atoms with van der Waals surface area (Å²) in [5.74, 6) is 0.00502. The fourth-order valence-electron chi connectivity index (χ4n) is 1.40. The summed E-state index contributed by atoms with van der Waals surface area (Å²) in [4.78, 5) is 20.0. The Morgan fingerprint density at radius 3 is 2.88 bits per heavy atom. The van der Waals surface area contributed by atoms with E-state index in [0.29, 0.717) is 11.2 Å². The lowest BCUT2D eigenvalue weighted by Crippen LogP contribution is -2.25. The number of aromatic nitrogens is 4. The number of aryl methyl sites for hydroxylation is 1. The Morgan fingerprint density at radius 1 is 1.50 bits per heavy atom. The van der Waals surface area contributed by atoms with E-state index in [0.717, 1.165) is 0 Å². The zero-order chi connectivity index (χ0) is 11.7. The van der Waals surface area contributed by atoms with E-state index in [2.05, 4.69) is 9.97 Å². The average molecular weight is 221 g/mol. The number of nitrogens with zero attached hydrogens (tertiary/aromatic N) is 4. The third-order valence-electron chi connectivity index (χ3n) is 2.26. The van der Waals surface area contributed by atoms with E-state index in [-0.39, 0.29) is 18.0 Å². The maximum absolute atomic E-state index is 12.0. The summed E-state index contributed by atoms with van der Waals surface area (Å²) in [5.41, 5.74) is 0.603. The van der Waals surface area contributed by atoms with Crippen molar-refractivity contribution >= 4 is 17.1 Å². The highest BCUT2D eigenvalue weighted by molar-refractivity contribution is 5.73. The van der Waals surface area contributed by atoms with Crippen molar-refractivity contribution in [1.29, 1.82) is 5.41 Å². The highest BCUT2D eigenvalue weighted by Crippen LogP contribution is 2.01. The van der Waals surface area contributed by atoms with E-state index >= 15 is 0 Å². The number of fused-ring (bicyclic) bond motifs is 1. The molecule has 84 valence electrons. The fraction of sp³-hybridized carbons (Fsp3) is 0.333.